The van der Waals surface area contributed by atoms with E-state index in [1.54, 1.807) is 7.11 Å². The van der Waals surface area contributed by atoms with Crippen molar-refractivity contribution in [2.75, 3.05) is 19.0 Å². The van der Waals surface area contributed by atoms with E-state index in [-0.39, 0.29) is 11.4 Å². The third-order valence-corrected chi connectivity index (χ3v) is 4.88. The Kier molecular flexibility index (Phi) is 5.04. The zero-order chi connectivity index (χ0) is 16.8. The molecule has 1 fully saturated rings. The Morgan fingerprint density at radius 2 is 1.71 bits per heavy atom. The highest BCUT2D eigenvalue weighted by Crippen LogP contribution is 2.41. The molecule has 0 bridgehead atoms. The van der Waals surface area contributed by atoms with Crippen molar-refractivity contribution in [1.82, 2.24) is 5.32 Å². The van der Waals surface area contributed by atoms with Gasteiger partial charge in [-0.1, -0.05) is 43.2 Å². The van der Waals surface area contributed by atoms with Crippen molar-refractivity contribution >= 4 is 11.7 Å². The van der Waals surface area contributed by atoms with E-state index in [1.807, 2.05) is 42.5 Å². The highest BCUT2D eigenvalue weighted by Gasteiger charge is 2.35. The molecule has 4 heteroatoms. The van der Waals surface area contributed by atoms with Crippen molar-refractivity contribution in [2.24, 2.45) is 0 Å². The lowest BCUT2D eigenvalue weighted by atomic mass is 9.79. The van der Waals surface area contributed by atoms with Gasteiger partial charge >= 0.3 is 6.03 Å². The van der Waals surface area contributed by atoms with Crippen LogP contribution in [0.3, 0.4) is 0 Å². The second-order valence-corrected chi connectivity index (χ2v) is 6.39. The molecule has 1 saturated carbocycles. The van der Waals surface area contributed by atoms with Gasteiger partial charge in [0.25, 0.3) is 0 Å². The molecule has 24 heavy (non-hydrogen) atoms. The molecule has 0 unspecified atom stereocenters. The second kappa shape index (κ2) is 7.39. The number of rotatable bonds is 5. The summed E-state index contributed by atoms with van der Waals surface area (Å²) in [6.45, 7) is 0.651. The SMILES string of the molecule is COc1ccc(C2(CNC(=O)Nc3ccccc3)CCCC2)cc1. The Balaban J connectivity index is 1.66. The fraction of sp³-hybridized carbons (Fsp3) is 0.350. The summed E-state index contributed by atoms with van der Waals surface area (Å²) in [5.74, 6) is 0.863. The van der Waals surface area contributed by atoms with Crippen LogP contribution in [0.15, 0.2) is 54.6 Å². The fourth-order valence-electron chi connectivity index (χ4n) is 3.51. The number of para-hydroxylation sites is 1. The van der Waals surface area contributed by atoms with Gasteiger partial charge in [0, 0.05) is 17.6 Å². The topological polar surface area (TPSA) is 50.4 Å². The molecule has 2 N–H and O–H groups in total. The Labute approximate surface area is 143 Å². The zero-order valence-corrected chi connectivity index (χ0v) is 14.0. The predicted octanol–water partition coefficient (Wildman–Crippen LogP) is 4.33. The summed E-state index contributed by atoms with van der Waals surface area (Å²) >= 11 is 0. The smallest absolute Gasteiger partial charge is 0.319 e. The standard InChI is InChI=1S/C20H24N2O2/c1-24-18-11-9-16(10-12-18)20(13-5-6-14-20)15-21-19(23)22-17-7-3-2-4-8-17/h2-4,7-12H,5-6,13-15H2,1H3,(H2,21,22,23). The van der Waals surface area contributed by atoms with Crippen LogP contribution in [0, 0.1) is 0 Å². The maximum Gasteiger partial charge on any atom is 0.319 e. The van der Waals surface area contributed by atoms with Crippen LogP contribution in [0.1, 0.15) is 31.2 Å². The van der Waals surface area contributed by atoms with Crippen LogP contribution in [0.4, 0.5) is 10.5 Å². The Morgan fingerprint density at radius 1 is 1.04 bits per heavy atom. The number of urea groups is 1. The van der Waals surface area contributed by atoms with Crippen molar-refractivity contribution in [3.05, 3.63) is 60.2 Å². The summed E-state index contributed by atoms with van der Waals surface area (Å²) in [6.07, 6.45) is 4.61. The minimum Gasteiger partial charge on any atom is -0.497 e. The molecule has 1 aliphatic rings. The summed E-state index contributed by atoms with van der Waals surface area (Å²) in [6, 6.07) is 17.6. The van der Waals surface area contributed by atoms with Gasteiger partial charge < -0.3 is 15.4 Å². The van der Waals surface area contributed by atoms with Gasteiger partial charge in [0.1, 0.15) is 5.75 Å². The molecule has 0 heterocycles. The molecule has 0 saturated heterocycles. The van der Waals surface area contributed by atoms with Gasteiger partial charge in [0.05, 0.1) is 7.11 Å². The zero-order valence-electron chi connectivity index (χ0n) is 14.0. The first-order chi connectivity index (χ1) is 11.7. The van der Waals surface area contributed by atoms with Crippen molar-refractivity contribution in [1.29, 1.82) is 0 Å². The van der Waals surface area contributed by atoms with Crippen LogP contribution in [-0.4, -0.2) is 19.7 Å². The van der Waals surface area contributed by atoms with Gasteiger partial charge in [-0.2, -0.15) is 0 Å². The van der Waals surface area contributed by atoms with E-state index >= 15 is 0 Å². The summed E-state index contributed by atoms with van der Waals surface area (Å²) in [5, 5.41) is 5.94. The number of methoxy groups -OCH3 is 1. The van der Waals surface area contributed by atoms with E-state index in [4.69, 9.17) is 4.74 Å². The highest BCUT2D eigenvalue weighted by atomic mass is 16.5. The van der Waals surface area contributed by atoms with Crippen LogP contribution in [0.25, 0.3) is 0 Å². The number of ether oxygens (including phenoxy) is 1. The minimum atomic E-state index is -0.152. The van der Waals surface area contributed by atoms with Crippen LogP contribution in [0.2, 0.25) is 0 Å². The molecule has 0 atom stereocenters. The summed E-state index contributed by atoms with van der Waals surface area (Å²) in [4.78, 5) is 12.2. The first-order valence-electron chi connectivity index (χ1n) is 8.46. The molecule has 3 rings (SSSR count). The number of amides is 2. The van der Waals surface area contributed by atoms with E-state index in [0.29, 0.717) is 6.54 Å². The number of hydrogen-bond acceptors (Lipinski definition) is 2. The third kappa shape index (κ3) is 3.70. The van der Waals surface area contributed by atoms with Crippen LogP contribution >= 0.6 is 0 Å². The number of hydrogen-bond donors (Lipinski definition) is 2. The lowest BCUT2D eigenvalue weighted by Gasteiger charge is -2.30. The molecule has 4 nitrogen and oxygen atoms in total. The van der Waals surface area contributed by atoms with E-state index in [0.717, 1.165) is 24.3 Å². The molecular formula is C20H24N2O2. The molecule has 0 aromatic heterocycles. The highest BCUT2D eigenvalue weighted by molar-refractivity contribution is 5.89. The lowest BCUT2D eigenvalue weighted by molar-refractivity contribution is 0.248. The number of nitrogens with one attached hydrogen (secondary N) is 2. The average molecular weight is 324 g/mol. The molecule has 2 amide bonds. The van der Waals surface area contributed by atoms with E-state index < -0.39 is 0 Å². The number of anilines is 1. The Bertz CT molecular complexity index is 662. The van der Waals surface area contributed by atoms with Crippen LogP contribution in [-0.2, 0) is 5.41 Å². The van der Waals surface area contributed by atoms with Crippen molar-refractivity contribution in [3.63, 3.8) is 0 Å². The maximum atomic E-state index is 12.2. The average Bonchev–Trinajstić information content (AvgIpc) is 3.11. The Morgan fingerprint density at radius 3 is 2.33 bits per heavy atom. The molecule has 126 valence electrons. The summed E-state index contributed by atoms with van der Waals surface area (Å²) < 4.78 is 5.25. The second-order valence-electron chi connectivity index (χ2n) is 6.39. The van der Waals surface area contributed by atoms with Gasteiger partial charge in [-0.3, -0.25) is 0 Å². The van der Waals surface area contributed by atoms with E-state index in [1.165, 1.54) is 18.4 Å². The van der Waals surface area contributed by atoms with Crippen molar-refractivity contribution in [2.45, 2.75) is 31.1 Å². The van der Waals surface area contributed by atoms with Gasteiger partial charge in [0.15, 0.2) is 0 Å². The van der Waals surface area contributed by atoms with Crippen molar-refractivity contribution in [3.8, 4) is 5.75 Å². The Hall–Kier alpha value is -2.49. The number of benzene rings is 2. The molecule has 1 aliphatic carbocycles. The van der Waals surface area contributed by atoms with Gasteiger partial charge in [-0.15, -0.1) is 0 Å². The lowest BCUT2D eigenvalue weighted by Crippen LogP contribution is -2.40. The summed E-state index contributed by atoms with van der Waals surface area (Å²) in [5.41, 5.74) is 2.11. The summed E-state index contributed by atoms with van der Waals surface area (Å²) in [7, 11) is 1.68. The molecule has 0 spiro atoms. The van der Waals surface area contributed by atoms with E-state index in [2.05, 4.69) is 22.8 Å². The molecule has 0 aliphatic heterocycles. The third-order valence-electron chi connectivity index (χ3n) is 4.88. The number of carbonyl (C=O) groups is 1. The van der Waals surface area contributed by atoms with Crippen LogP contribution in [0.5, 0.6) is 5.75 Å². The molecule has 2 aromatic rings. The van der Waals surface area contributed by atoms with Gasteiger partial charge in [0.2, 0.25) is 0 Å². The largest absolute Gasteiger partial charge is 0.497 e. The quantitative estimate of drug-likeness (QED) is 0.860. The molecular weight excluding hydrogens is 300 g/mol. The predicted molar refractivity (Wildman–Crippen MR) is 96.6 cm³/mol. The molecule has 0 radical (unpaired) electrons. The maximum absolute atomic E-state index is 12.2. The minimum absolute atomic E-state index is 0.0281. The fourth-order valence-corrected chi connectivity index (χ4v) is 3.51. The monoisotopic (exact) mass is 324 g/mol. The number of carbonyl (C=O) groups excluding carboxylic acids is 1. The van der Waals surface area contributed by atoms with Gasteiger partial charge in [-0.05, 0) is 42.7 Å². The first kappa shape index (κ1) is 16.4. The molecule has 2 aromatic carbocycles. The van der Waals surface area contributed by atoms with Crippen molar-refractivity contribution < 1.29 is 9.53 Å². The van der Waals surface area contributed by atoms with Crippen LogP contribution < -0.4 is 15.4 Å². The first-order valence-corrected chi connectivity index (χ1v) is 8.46. The van der Waals surface area contributed by atoms with E-state index in [9.17, 15) is 4.79 Å². The van der Waals surface area contributed by atoms with Gasteiger partial charge in [-0.25, -0.2) is 4.79 Å². The normalized spacial score (nSPS) is 15.7.